The zero-order chi connectivity index (χ0) is 18.2. The molecule has 0 aliphatic rings. The summed E-state index contributed by atoms with van der Waals surface area (Å²) in [5.41, 5.74) is 3.46. The summed E-state index contributed by atoms with van der Waals surface area (Å²) in [6.07, 6.45) is 4.55. The summed E-state index contributed by atoms with van der Waals surface area (Å²) in [7, 11) is 0.161. The Morgan fingerprint density at radius 1 is 1.12 bits per heavy atom. The van der Waals surface area contributed by atoms with Crippen LogP contribution in [0, 0.1) is 6.92 Å². The van der Waals surface area contributed by atoms with E-state index in [1.807, 2.05) is 56.3 Å². The van der Waals surface area contributed by atoms with Crippen LogP contribution >= 0.6 is 0 Å². The van der Waals surface area contributed by atoms with E-state index in [2.05, 4.69) is 15.3 Å². The molecule has 0 amide bonds. The number of aryl methyl sites for hydroxylation is 1. The van der Waals surface area contributed by atoms with Crippen molar-refractivity contribution in [3.05, 3.63) is 47.9 Å². The van der Waals surface area contributed by atoms with Crippen LogP contribution in [0.4, 0.5) is 0 Å². The van der Waals surface area contributed by atoms with E-state index in [0.29, 0.717) is 11.3 Å². The Hall–Kier alpha value is -2.74. The largest absolute Gasteiger partial charge is 0.383 e. The van der Waals surface area contributed by atoms with Gasteiger partial charge in [0.2, 0.25) is 5.03 Å². The number of aromatic nitrogens is 4. The monoisotopic (exact) mass is 357 g/mol. The van der Waals surface area contributed by atoms with Gasteiger partial charge in [-0.1, -0.05) is 30.3 Å². The first-order valence-electron chi connectivity index (χ1n) is 7.65. The Morgan fingerprint density at radius 2 is 1.80 bits per heavy atom. The molecule has 0 spiro atoms. The van der Waals surface area contributed by atoms with Gasteiger partial charge < -0.3 is 4.90 Å². The third-order valence-electron chi connectivity index (χ3n) is 3.66. The second kappa shape index (κ2) is 6.29. The highest BCUT2D eigenvalue weighted by molar-refractivity contribution is 7.90. The van der Waals surface area contributed by atoms with Crippen LogP contribution in [0.25, 0.3) is 22.9 Å². The minimum absolute atomic E-state index is 0.0970. The van der Waals surface area contributed by atoms with Crippen molar-refractivity contribution in [2.45, 2.75) is 11.9 Å². The molecule has 2 heterocycles. The van der Waals surface area contributed by atoms with Gasteiger partial charge in [0.05, 0.1) is 11.3 Å². The maximum Gasteiger partial charge on any atom is 0.203 e. The first-order chi connectivity index (χ1) is 11.8. The molecule has 0 atom stereocenters. The molecule has 0 aliphatic carbocycles. The number of benzene rings is 1. The average Bonchev–Trinajstić information content (AvgIpc) is 2.88. The number of hydrogen-bond acceptors (Lipinski definition) is 6. The Kier molecular flexibility index (Phi) is 4.30. The van der Waals surface area contributed by atoms with E-state index < -0.39 is 9.84 Å². The number of nitrogens with zero attached hydrogens (tertiary/aromatic N) is 5. The molecule has 0 radical (unpaired) electrons. The molecule has 7 nitrogen and oxygen atoms in total. The summed E-state index contributed by atoms with van der Waals surface area (Å²) in [6.45, 7) is 1.87. The molecule has 0 saturated carbocycles. The first kappa shape index (κ1) is 17.1. The van der Waals surface area contributed by atoms with E-state index in [0.717, 1.165) is 23.1 Å². The minimum Gasteiger partial charge on any atom is -0.383 e. The summed E-state index contributed by atoms with van der Waals surface area (Å²) in [6, 6.07) is 9.73. The highest BCUT2D eigenvalue weighted by Crippen LogP contribution is 2.28. The van der Waals surface area contributed by atoms with Gasteiger partial charge in [-0.15, -0.1) is 10.2 Å². The fourth-order valence-corrected chi connectivity index (χ4v) is 3.30. The van der Waals surface area contributed by atoms with Gasteiger partial charge in [-0.3, -0.25) is 0 Å². The van der Waals surface area contributed by atoms with Gasteiger partial charge in [0.25, 0.3) is 0 Å². The maximum absolute atomic E-state index is 12.1. The topological polar surface area (TPSA) is 80.5 Å². The van der Waals surface area contributed by atoms with Crippen molar-refractivity contribution in [3.63, 3.8) is 0 Å². The van der Waals surface area contributed by atoms with Crippen LogP contribution in [0.1, 0.15) is 11.4 Å². The predicted molar refractivity (Wildman–Crippen MR) is 96.8 cm³/mol. The van der Waals surface area contributed by atoms with Crippen LogP contribution in [-0.2, 0) is 9.84 Å². The number of rotatable bonds is 4. The van der Waals surface area contributed by atoms with Crippen LogP contribution in [0.2, 0.25) is 0 Å². The standard InChI is InChI=1S/C17H19N5O2S/c1-12-15(13-8-6-5-7-9-13)16-18-19-17(25(4,23)24)14(22(16)20-12)10-11-21(2)3/h5-11H,1-4H3. The minimum atomic E-state index is -3.55. The van der Waals surface area contributed by atoms with Crippen molar-refractivity contribution in [1.29, 1.82) is 0 Å². The molecule has 0 bridgehead atoms. The third kappa shape index (κ3) is 3.25. The van der Waals surface area contributed by atoms with Crippen molar-refractivity contribution < 1.29 is 8.42 Å². The van der Waals surface area contributed by atoms with Gasteiger partial charge in [0, 0.05) is 26.6 Å². The molecule has 0 N–H and O–H groups in total. The van der Waals surface area contributed by atoms with E-state index in [1.165, 1.54) is 0 Å². The molecule has 3 aromatic rings. The summed E-state index contributed by atoms with van der Waals surface area (Å²) in [5, 5.41) is 12.6. The molecular weight excluding hydrogens is 338 g/mol. The maximum atomic E-state index is 12.1. The van der Waals surface area contributed by atoms with Gasteiger partial charge in [0.15, 0.2) is 15.5 Å². The first-order valence-corrected chi connectivity index (χ1v) is 9.54. The van der Waals surface area contributed by atoms with Crippen LogP contribution in [-0.4, -0.2) is 53.5 Å². The van der Waals surface area contributed by atoms with Crippen molar-refractivity contribution in [3.8, 4) is 11.1 Å². The molecule has 8 heteroatoms. The predicted octanol–water partition coefficient (Wildman–Crippen LogP) is 2.04. The fraction of sp³-hybridized carbons (Fsp3) is 0.235. The molecule has 0 saturated heterocycles. The van der Waals surface area contributed by atoms with Gasteiger partial charge >= 0.3 is 0 Å². The number of hydrogen-bond donors (Lipinski definition) is 0. The molecule has 0 aliphatic heterocycles. The highest BCUT2D eigenvalue weighted by Gasteiger charge is 2.22. The van der Waals surface area contributed by atoms with Gasteiger partial charge in [-0.05, 0) is 18.6 Å². The molecule has 25 heavy (non-hydrogen) atoms. The second-order valence-electron chi connectivity index (χ2n) is 6.00. The normalized spacial score (nSPS) is 12.2. The molecule has 0 unspecified atom stereocenters. The molecule has 1 aromatic carbocycles. The Bertz CT molecular complexity index is 1050. The fourth-order valence-electron chi connectivity index (χ4n) is 2.58. The van der Waals surface area contributed by atoms with Crippen molar-refractivity contribution in [2.75, 3.05) is 20.4 Å². The Labute approximate surface area is 146 Å². The van der Waals surface area contributed by atoms with E-state index in [9.17, 15) is 8.42 Å². The van der Waals surface area contributed by atoms with Crippen molar-refractivity contribution in [1.82, 2.24) is 24.7 Å². The lowest BCUT2D eigenvalue weighted by atomic mass is 10.1. The lowest BCUT2D eigenvalue weighted by Gasteiger charge is -2.07. The third-order valence-corrected chi connectivity index (χ3v) is 4.66. The zero-order valence-electron chi connectivity index (χ0n) is 14.5. The lowest BCUT2D eigenvalue weighted by Crippen LogP contribution is -2.11. The van der Waals surface area contributed by atoms with Crippen LogP contribution < -0.4 is 0 Å². The smallest absolute Gasteiger partial charge is 0.203 e. The van der Waals surface area contributed by atoms with Gasteiger partial charge in [-0.2, -0.15) is 5.10 Å². The van der Waals surface area contributed by atoms with E-state index in [-0.39, 0.29) is 5.03 Å². The van der Waals surface area contributed by atoms with Crippen LogP contribution in [0.15, 0.2) is 41.6 Å². The lowest BCUT2D eigenvalue weighted by molar-refractivity contribution is 0.566. The average molecular weight is 357 g/mol. The summed E-state index contributed by atoms with van der Waals surface area (Å²) in [4.78, 5) is 1.81. The van der Waals surface area contributed by atoms with Gasteiger partial charge in [0.1, 0.15) is 5.69 Å². The summed E-state index contributed by atoms with van der Waals surface area (Å²) in [5.74, 6) is 0. The number of sulfone groups is 1. The molecule has 0 fully saturated rings. The van der Waals surface area contributed by atoms with Crippen molar-refractivity contribution in [2.24, 2.45) is 0 Å². The van der Waals surface area contributed by atoms with Gasteiger partial charge in [-0.25, -0.2) is 12.9 Å². The van der Waals surface area contributed by atoms with E-state index >= 15 is 0 Å². The van der Waals surface area contributed by atoms with Crippen LogP contribution in [0.3, 0.4) is 0 Å². The molecule has 130 valence electrons. The highest BCUT2D eigenvalue weighted by atomic mass is 32.2. The quantitative estimate of drug-likeness (QED) is 0.711. The summed E-state index contributed by atoms with van der Waals surface area (Å²) >= 11 is 0. The molecular formula is C17H19N5O2S. The van der Waals surface area contributed by atoms with E-state index in [4.69, 9.17) is 0 Å². The zero-order valence-corrected chi connectivity index (χ0v) is 15.3. The molecule has 3 rings (SSSR count). The Morgan fingerprint density at radius 3 is 2.40 bits per heavy atom. The molecule has 2 aromatic heterocycles. The SMILES string of the molecule is Cc1nn2c(C=CN(C)C)c(S(C)(=O)=O)nnc2c1-c1ccccc1. The van der Waals surface area contributed by atoms with Crippen LogP contribution in [0.5, 0.6) is 0 Å². The summed E-state index contributed by atoms with van der Waals surface area (Å²) < 4.78 is 25.8. The van der Waals surface area contributed by atoms with E-state index in [1.54, 1.807) is 16.8 Å². The second-order valence-corrected chi connectivity index (χ2v) is 7.93. The Balaban J connectivity index is 2.36. The van der Waals surface area contributed by atoms with Crippen molar-refractivity contribution >= 4 is 21.6 Å². The number of fused-ring (bicyclic) bond motifs is 1.